The second kappa shape index (κ2) is 10.9. The van der Waals surface area contributed by atoms with Crippen LogP contribution in [0.2, 0.25) is 0 Å². The van der Waals surface area contributed by atoms with Gasteiger partial charge in [-0.25, -0.2) is 0 Å². The predicted molar refractivity (Wildman–Crippen MR) is 213 cm³/mol. The number of fused-ring (bicyclic) bond motifs is 3. The molecule has 0 heterocycles. The van der Waals surface area contributed by atoms with E-state index in [1.54, 1.807) is 0 Å². The molecule has 0 atom stereocenters. The molecule has 9 aromatic rings. The van der Waals surface area contributed by atoms with Gasteiger partial charge >= 0.3 is 0 Å². The monoisotopic (exact) mass is 637 g/mol. The Bertz CT molecular complexity index is 2680. The van der Waals surface area contributed by atoms with Gasteiger partial charge < -0.3 is 4.90 Å². The standard InChI is InChI=1S/C49H35N/c1-49(2)45-14-7-6-13-42(45)43-30-27-40(31-46(43)49)50(38-23-17-33(18-24-38)32-9-4-3-5-10-32)39-25-19-34(20-26-39)41-28-21-37-16-15-35-11-8-12-36-22-29-44(41)48(37)47(35)36/h3-31H,1-2H3. The fraction of sp³-hybridized carbons (Fsp3) is 0.0612. The van der Waals surface area contributed by atoms with E-state index in [-0.39, 0.29) is 5.41 Å². The van der Waals surface area contributed by atoms with Gasteiger partial charge in [0, 0.05) is 22.5 Å². The molecule has 0 aromatic heterocycles. The minimum Gasteiger partial charge on any atom is -0.310 e. The van der Waals surface area contributed by atoms with E-state index in [0.717, 1.165) is 17.1 Å². The van der Waals surface area contributed by atoms with Crippen LogP contribution in [0.5, 0.6) is 0 Å². The molecular formula is C49H35N. The Labute approximate surface area is 293 Å². The Morgan fingerprint density at radius 3 is 1.64 bits per heavy atom. The molecule has 1 aliphatic rings. The van der Waals surface area contributed by atoms with Crippen LogP contribution in [0.1, 0.15) is 25.0 Å². The van der Waals surface area contributed by atoms with Gasteiger partial charge in [0.2, 0.25) is 0 Å². The van der Waals surface area contributed by atoms with E-state index in [0.29, 0.717) is 0 Å². The van der Waals surface area contributed by atoms with Gasteiger partial charge in [0.15, 0.2) is 0 Å². The van der Waals surface area contributed by atoms with Crippen molar-refractivity contribution in [3.05, 3.63) is 187 Å². The lowest BCUT2D eigenvalue weighted by atomic mass is 9.82. The minimum absolute atomic E-state index is 0.0797. The Morgan fingerprint density at radius 2 is 0.900 bits per heavy atom. The first-order valence-corrected chi connectivity index (χ1v) is 17.5. The highest BCUT2D eigenvalue weighted by atomic mass is 15.1. The number of nitrogens with zero attached hydrogens (tertiary/aromatic N) is 1. The number of benzene rings is 9. The van der Waals surface area contributed by atoms with Crippen molar-refractivity contribution in [2.45, 2.75) is 19.3 Å². The SMILES string of the molecule is CC1(C)c2ccccc2-c2ccc(N(c3ccc(-c4ccccc4)cc3)c3ccc(-c4ccc5ccc6cccc7ccc4c5c67)cc3)cc21. The zero-order valence-corrected chi connectivity index (χ0v) is 28.2. The fourth-order valence-electron chi connectivity index (χ4n) is 8.49. The molecule has 0 amide bonds. The number of hydrogen-bond acceptors (Lipinski definition) is 1. The Morgan fingerprint density at radius 1 is 0.360 bits per heavy atom. The summed E-state index contributed by atoms with van der Waals surface area (Å²) in [6.07, 6.45) is 0. The zero-order chi connectivity index (χ0) is 33.4. The van der Waals surface area contributed by atoms with Gasteiger partial charge in [0.1, 0.15) is 0 Å². The van der Waals surface area contributed by atoms with Crippen molar-refractivity contribution >= 4 is 49.4 Å². The number of hydrogen-bond donors (Lipinski definition) is 0. The van der Waals surface area contributed by atoms with Crippen LogP contribution in [0.15, 0.2) is 176 Å². The molecule has 0 aliphatic heterocycles. The first kappa shape index (κ1) is 28.8. The molecule has 0 saturated heterocycles. The zero-order valence-electron chi connectivity index (χ0n) is 28.2. The van der Waals surface area contributed by atoms with Gasteiger partial charge in [-0.05, 0) is 113 Å². The van der Waals surface area contributed by atoms with Crippen molar-refractivity contribution in [1.29, 1.82) is 0 Å². The summed E-state index contributed by atoms with van der Waals surface area (Å²) in [6.45, 7) is 4.71. The fourth-order valence-corrected chi connectivity index (χ4v) is 8.49. The van der Waals surface area contributed by atoms with Gasteiger partial charge in [-0.1, -0.05) is 153 Å². The first-order chi connectivity index (χ1) is 24.5. The highest BCUT2D eigenvalue weighted by Crippen LogP contribution is 2.51. The maximum Gasteiger partial charge on any atom is 0.0465 e. The van der Waals surface area contributed by atoms with E-state index >= 15 is 0 Å². The molecule has 0 unspecified atom stereocenters. The number of anilines is 3. The largest absolute Gasteiger partial charge is 0.310 e. The maximum atomic E-state index is 2.41. The van der Waals surface area contributed by atoms with E-state index in [1.165, 1.54) is 76.8 Å². The minimum atomic E-state index is -0.0797. The predicted octanol–water partition coefficient (Wildman–Crippen LogP) is 13.7. The van der Waals surface area contributed by atoms with Crippen LogP contribution in [-0.2, 0) is 5.41 Å². The molecule has 10 rings (SSSR count). The van der Waals surface area contributed by atoms with Gasteiger partial charge in [0.05, 0.1) is 0 Å². The van der Waals surface area contributed by atoms with Crippen LogP contribution in [0.25, 0.3) is 65.7 Å². The highest BCUT2D eigenvalue weighted by Gasteiger charge is 2.35. The van der Waals surface area contributed by atoms with Crippen LogP contribution < -0.4 is 4.90 Å². The summed E-state index contributed by atoms with van der Waals surface area (Å²) in [5.41, 5.74) is 13.7. The summed E-state index contributed by atoms with van der Waals surface area (Å²) in [7, 11) is 0. The highest BCUT2D eigenvalue weighted by molar-refractivity contribution is 6.25. The number of rotatable bonds is 5. The van der Waals surface area contributed by atoms with E-state index < -0.39 is 0 Å². The van der Waals surface area contributed by atoms with Crippen LogP contribution in [0, 0.1) is 0 Å². The smallest absolute Gasteiger partial charge is 0.0465 e. The molecule has 0 bridgehead atoms. The van der Waals surface area contributed by atoms with Crippen molar-refractivity contribution in [3.8, 4) is 33.4 Å². The molecule has 1 heteroatoms. The van der Waals surface area contributed by atoms with Crippen LogP contribution in [0.4, 0.5) is 17.1 Å². The molecule has 0 fully saturated rings. The summed E-state index contributed by atoms with van der Waals surface area (Å²) in [4.78, 5) is 2.40. The van der Waals surface area contributed by atoms with Crippen LogP contribution >= 0.6 is 0 Å². The summed E-state index contributed by atoms with van der Waals surface area (Å²) in [5.74, 6) is 0. The molecular weight excluding hydrogens is 603 g/mol. The topological polar surface area (TPSA) is 3.24 Å². The van der Waals surface area contributed by atoms with E-state index in [2.05, 4.69) is 195 Å². The molecule has 50 heavy (non-hydrogen) atoms. The Kier molecular flexibility index (Phi) is 6.29. The molecule has 0 radical (unpaired) electrons. The van der Waals surface area contributed by atoms with Crippen molar-refractivity contribution in [1.82, 2.24) is 0 Å². The third kappa shape index (κ3) is 4.33. The van der Waals surface area contributed by atoms with Gasteiger partial charge in [0.25, 0.3) is 0 Å². The summed E-state index contributed by atoms with van der Waals surface area (Å²) in [5, 5.41) is 7.88. The molecule has 0 N–H and O–H groups in total. The molecule has 9 aromatic carbocycles. The summed E-state index contributed by atoms with van der Waals surface area (Å²) >= 11 is 0. The van der Waals surface area contributed by atoms with Crippen molar-refractivity contribution < 1.29 is 0 Å². The lowest BCUT2D eigenvalue weighted by Gasteiger charge is -2.28. The third-order valence-corrected chi connectivity index (χ3v) is 11.0. The van der Waals surface area contributed by atoms with Gasteiger partial charge in [-0.2, -0.15) is 0 Å². The molecule has 0 spiro atoms. The average molecular weight is 638 g/mol. The van der Waals surface area contributed by atoms with E-state index in [1.807, 2.05) is 0 Å². The first-order valence-electron chi connectivity index (χ1n) is 17.5. The maximum absolute atomic E-state index is 2.41. The Balaban J connectivity index is 1.10. The van der Waals surface area contributed by atoms with Crippen LogP contribution in [-0.4, -0.2) is 0 Å². The van der Waals surface area contributed by atoms with Crippen LogP contribution in [0.3, 0.4) is 0 Å². The molecule has 0 saturated carbocycles. The third-order valence-electron chi connectivity index (χ3n) is 11.0. The quantitative estimate of drug-likeness (QED) is 0.170. The lowest BCUT2D eigenvalue weighted by molar-refractivity contribution is 0.660. The van der Waals surface area contributed by atoms with E-state index in [9.17, 15) is 0 Å². The normalized spacial score (nSPS) is 13.2. The lowest BCUT2D eigenvalue weighted by Crippen LogP contribution is -2.16. The summed E-state index contributed by atoms with van der Waals surface area (Å²) < 4.78 is 0. The van der Waals surface area contributed by atoms with E-state index in [4.69, 9.17) is 0 Å². The van der Waals surface area contributed by atoms with Crippen molar-refractivity contribution in [2.24, 2.45) is 0 Å². The molecule has 1 nitrogen and oxygen atoms in total. The van der Waals surface area contributed by atoms with Crippen molar-refractivity contribution in [3.63, 3.8) is 0 Å². The van der Waals surface area contributed by atoms with Crippen molar-refractivity contribution in [2.75, 3.05) is 4.90 Å². The molecule has 236 valence electrons. The van der Waals surface area contributed by atoms with Gasteiger partial charge in [-0.3, -0.25) is 0 Å². The second-order valence-corrected chi connectivity index (χ2v) is 14.2. The van der Waals surface area contributed by atoms with Gasteiger partial charge in [-0.15, -0.1) is 0 Å². The Hall–Kier alpha value is -6.18. The second-order valence-electron chi connectivity index (χ2n) is 14.2. The molecule has 1 aliphatic carbocycles. The average Bonchev–Trinajstić information content (AvgIpc) is 3.40. The summed E-state index contributed by atoms with van der Waals surface area (Å²) in [6, 6.07) is 64.9.